The Bertz CT molecular complexity index is 1080. The first-order valence-electron chi connectivity index (χ1n) is 25.6. The van der Waals surface area contributed by atoms with Crippen LogP contribution in [-0.4, -0.2) is 46.9 Å². The molecule has 0 aromatic heterocycles. The van der Waals surface area contributed by atoms with Gasteiger partial charge < -0.3 is 20.3 Å². The molecule has 0 radical (unpaired) electrons. The Kier molecular flexibility index (Phi) is 45.7. The van der Waals surface area contributed by atoms with Gasteiger partial charge in [0, 0.05) is 6.42 Å². The van der Waals surface area contributed by atoms with Gasteiger partial charge in [-0.15, -0.1) is 0 Å². The normalized spacial score (nSPS) is 13.8. The average molecular weight is 840 g/mol. The SMILES string of the molecule is CC/C=C/C=C/C=C\C=C/CCCC(CC(=O)NC(CO)C(O)CCCCCCCCCCCCCCCCC)OC(=O)CCCCCCCCC/C=C\CCCCCC. The number of nitrogens with one attached hydrogen (secondary N) is 1. The molecule has 0 saturated carbocycles. The van der Waals surface area contributed by atoms with Gasteiger partial charge >= 0.3 is 5.97 Å². The van der Waals surface area contributed by atoms with Crippen molar-refractivity contribution in [2.45, 2.75) is 264 Å². The van der Waals surface area contributed by atoms with Gasteiger partial charge in [0.25, 0.3) is 0 Å². The molecule has 3 unspecified atom stereocenters. The van der Waals surface area contributed by atoms with Crippen molar-refractivity contribution in [1.29, 1.82) is 0 Å². The van der Waals surface area contributed by atoms with E-state index < -0.39 is 18.2 Å². The molecule has 0 aliphatic carbocycles. The largest absolute Gasteiger partial charge is 0.462 e. The standard InChI is InChI=1S/C54H97NO5/c1-4-7-10-13-16-19-22-24-26-28-31-34-37-40-43-46-52(57)51(49-56)55-53(58)48-50(45-42-39-36-33-30-21-18-15-12-9-6-3)60-54(59)47-44-41-38-35-32-29-27-25-23-20-17-14-11-8-5-2/h9,12,15,18,20-21,23,30,33,36,50-52,56-57H,4-8,10-11,13-14,16-17,19,22,24-29,31-32,34-35,37-49H2,1-3H3,(H,55,58)/b12-9+,18-15+,23-20-,30-21-,36-33-. The zero-order chi connectivity index (χ0) is 43.8. The van der Waals surface area contributed by atoms with Crippen molar-refractivity contribution in [3.63, 3.8) is 0 Å². The van der Waals surface area contributed by atoms with E-state index in [1.54, 1.807) is 0 Å². The summed E-state index contributed by atoms with van der Waals surface area (Å²) in [7, 11) is 0. The molecule has 0 aliphatic rings. The van der Waals surface area contributed by atoms with E-state index in [0.717, 1.165) is 57.8 Å². The third kappa shape index (κ3) is 42.3. The summed E-state index contributed by atoms with van der Waals surface area (Å²) in [5, 5.41) is 23.7. The number of ether oxygens (including phenoxy) is 1. The molecule has 0 aromatic carbocycles. The first kappa shape index (κ1) is 57.6. The Hall–Kier alpha value is -2.44. The van der Waals surface area contributed by atoms with Gasteiger partial charge in [0.15, 0.2) is 0 Å². The number of unbranched alkanes of at least 4 members (excludes halogenated alkanes) is 26. The van der Waals surface area contributed by atoms with Crippen LogP contribution in [0.1, 0.15) is 245 Å². The molecule has 0 bridgehead atoms. The minimum atomic E-state index is -0.806. The first-order chi connectivity index (χ1) is 29.5. The van der Waals surface area contributed by atoms with Crippen molar-refractivity contribution in [2.24, 2.45) is 0 Å². The Balaban J connectivity index is 4.58. The quantitative estimate of drug-likeness (QED) is 0.0246. The van der Waals surface area contributed by atoms with E-state index in [2.05, 4.69) is 50.4 Å². The lowest BCUT2D eigenvalue weighted by Gasteiger charge is -2.24. The molecular formula is C54H97NO5. The van der Waals surface area contributed by atoms with Crippen molar-refractivity contribution in [2.75, 3.05) is 6.61 Å². The number of amides is 1. The van der Waals surface area contributed by atoms with E-state index in [0.29, 0.717) is 19.3 Å². The second kappa shape index (κ2) is 47.6. The minimum Gasteiger partial charge on any atom is -0.462 e. The lowest BCUT2D eigenvalue weighted by Crippen LogP contribution is -2.46. The van der Waals surface area contributed by atoms with Gasteiger partial charge in [-0.1, -0.05) is 229 Å². The van der Waals surface area contributed by atoms with E-state index in [9.17, 15) is 19.8 Å². The Morgan fingerprint density at radius 2 is 0.933 bits per heavy atom. The fourth-order valence-corrected chi connectivity index (χ4v) is 7.56. The van der Waals surface area contributed by atoms with E-state index in [1.165, 1.54) is 141 Å². The average Bonchev–Trinajstić information content (AvgIpc) is 3.24. The fraction of sp³-hybridized carbons (Fsp3) is 0.778. The van der Waals surface area contributed by atoms with Crippen molar-refractivity contribution in [3.05, 3.63) is 60.8 Å². The molecule has 0 aromatic rings. The molecule has 0 spiro atoms. The number of carbonyl (C=O) groups excluding carboxylic acids is 2. The smallest absolute Gasteiger partial charge is 0.306 e. The molecule has 0 aliphatic heterocycles. The zero-order valence-electron chi connectivity index (χ0n) is 39.6. The number of hydrogen-bond donors (Lipinski definition) is 3. The molecule has 3 N–H and O–H groups in total. The first-order valence-corrected chi connectivity index (χ1v) is 25.6. The third-order valence-electron chi connectivity index (χ3n) is 11.4. The van der Waals surface area contributed by atoms with Crippen molar-refractivity contribution >= 4 is 11.9 Å². The van der Waals surface area contributed by atoms with Gasteiger partial charge in [0.1, 0.15) is 6.10 Å². The summed E-state index contributed by atoms with van der Waals surface area (Å²) in [6.45, 7) is 6.31. The van der Waals surface area contributed by atoms with E-state index in [4.69, 9.17) is 4.74 Å². The summed E-state index contributed by atoms with van der Waals surface area (Å²) in [5.74, 6) is -0.546. The maximum Gasteiger partial charge on any atom is 0.306 e. The van der Waals surface area contributed by atoms with Gasteiger partial charge in [0.05, 0.1) is 25.2 Å². The fourth-order valence-electron chi connectivity index (χ4n) is 7.56. The number of allylic oxidation sites excluding steroid dienone is 10. The maximum atomic E-state index is 13.2. The van der Waals surface area contributed by atoms with Gasteiger partial charge in [-0.25, -0.2) is 0 Å². The van der Waals surface area contributed by atoms with Gasteiger partial charge in [0.2, 0.25) is 5.91 Å². The second-order valence-electron chi connectivity index (χ2n) is 17.3. The van der Waals surface area contributed by atoms with Gasteiger partial charge in [-0.05, 0) is 64.2 Å². The molecule has 60 heavy (non-hydrogen) atoms. The minimum absolute atomic E-state index is 0.0294. The van der Waals surface area contributed by atoms with Crippen molar-refractivity contribution in [1.82, 2.24) is 5.32 Å². The molecular weight excluding hydrogens is 743 g/mol. The summed E-state index contributed by atoms with van der Waals surface area (Å²) in [4.78, 5) is 26.1. The molecule has 0 saturated heterocycles. The summed E-state index contributed by atoms with van der Waals surface area (Å²) in [5.41, 5.74) is 0. The van der Waals surface area contributed by atoms with Crippen molar-refractivity contribution < 1.29 is 24.5 Å². The van der Waals surface area contributed by atoms with Crippen LogP contribution in [0.4, 0.5) is 0 Å². The van der Waals surface area contributed by atoms with Crippen LogP contribution in [0.3, 0.4) is 0 Å². The molecule has 6 nitrogen and oxygen atoms in total. The maximum absolute atomic E-state index is 13.2. The highest BCUT2D eigenvalue weighted by Gasteiger charge is 2.24. The summed E-state index contributed by atoms with van der Waals surface area (Å²) < 4.78 is 5.88. The summed E-state index contributed by atoms with van der Waals surface area (Å²) >= 11 is 0. The van der Waals surface area contributed by atoms with Crippen LogP contribution in [0.25, 0.3) is 0 Å². The number of aliphatic hydroxyl groups excluding tert-OH is 2. The summed E-state index contributed by atoms with van der Waals surface area (Å²) in [6.07, 6.45) is 58.6. The molecule has 348 valence electrons. The molecule has 3 atom stereocenters. The molecule has 1 amide bonds. The highest BCUT2D eigenvalue weighted by Crippen LogP contribution is 2.17. The lowest BCUT2D eigenvalue weighted by molar-refractivity contribution is -0.151. The highest BCUT2D eigenvalue weighted by molar-refractivity contribution is 5.77. The number of carbonyl (C=O) groups is 2. The number of aliphatic hydroxyl groups is 2. The van der Waals surface area contributed by atoms with Crippen LogP contribution in [0, 0.1) is 0 Å². The van der Waals surface area contributed by atoms with Gasteiger partial charge in [-0.2, -0.15) is 0 Å². The number of hydrogen-bond acceptors (Lipinski definition) is 5. The monoisotopic (exact) mass is 840 g/mol. The Morgan fingerprint density at radius 3 is 1.45 bits per heavy atom. The highest BCUT2D eigenvalue weighted by atomic mass is 16.5. The van der Waals surface area contributed by atoms with Crippen LogP contribution in [0.15, 0.2) is 60.8 Å². The topological polar surface area (TPSA) is 95.9 Å². The Morgan fingerprint density at radius 1 is 0.500 bits per heavy atom. The molecule has 0 fully saturated rings. The predicted octanol–water partition coefficient (Wildman–Crippen LogP) is 15.2. The van der Waals surface area contributed by atoms with E-state index in [1.807, 2.05) is 36.5 Å². The van der Waals surface area contributed by atoms with Crippen LogP contribution >= 0.6 is 0 Å². The van der Waals surface area contributed by atoms with Crippen LogP contribution in [0.2, 0.25) is 0 Å². The second-order valence-corrected chi connectivity index (χ2v) is 17.3. The third-order valence-corrected chi connectivity index (χ3v) is 11.4. The molecule has 0 heterocycles. The Labute approximate surface area is 371 Å². The molecule has 6 heteroatoms. The van der Waals surface area contributed by atoms with Gasteiger partial charge in [-0.3, -0.25) is 9.59 Å². The summed E-state index contributed by atoms with van der Waals surface area (Å²) in [6, 6.07) is -0.724. The van der Waals surface area contributed by atoms with E-state index in [-0.39, 0.29) is 24.9 Å². The predicted molar refractivity (Wildman–Crippen MR) is 259 cm³/mol. The number of rotatable bonds is 45. The zero-order valence-corrected chi connectivity index (χ0v) is 39.6. The lowest BCUT2D eigenvalue weighted by atomic mass is 10.0. The van der Waals surface area contributed by atoms with Crippen molar-refractivity contribution in [3.8, 4) is 0 Å². The van der Waals surface area contributed by atoms with Crippen LogP contribution in [-0.2, 0) is 14.3 Å². The number of esters is 1. The van der Waals surface area contributed by atoms with Crippen LogP contribution < -0.4 is 5.32 Å². The van der Waals surface area contributed by atoms with Crippen LogP contribution in [0.5, 0.6) is 0 Å². The molecule has 0 rings (SSSR count). The van der Waals surface area contributed by atoms with E-state index >= 15 is 0 Å².